The Hall–Kier alpha value is -3.00. The van der Waals surface area contributed by atoms with Crippen LogP contribution in [-0.2, 0) is 9.53 Å². The summed E-state index contributed by atoms with van der Waals surface area (Å²) in [6.45, 7) is 4.05. The summed E-state index contributed by atoms with van der Waals surface area (Å²) in [6.07, 6.45) is 0. The number of carbonyl (C=O) groups is 2. The second-order valence-corrected chi connectivity index (χ2v) is 7.04. The summed E-state index contributed by atoms with van der Waals surface area (Å²) < 4.78 is 11.3. The lowest BCUT2D eigenvalue weighted by molar-refractivity contribution is -0.138. The van der Waals surface area contributed by atoms with Crippen LogP contribution in [0.4, 0.5) is 4.79 Å². The molecule has 0 bridgehead atoms. The number of nitrogens with one attached hydrogen (secondary N) is 2. The predicted molar refractivity (Wildman–Crippen MR) is 111 cm³/mol. The summed E-state index contributed by atoms with van der Waals surface area (Å²) in [7, 11) is 0. The van der Waals surface area contributed by atoms with Crippen LogP contribution < -0.4 is 15.4 Å². The highest BCUT2D eigenvalue weighted by Gasteiger charge is 2.35. The van der Waals surface area contributed by atoms with Crippen LogP contribution in [0.15, 0.2) is 52.5 Å². The molecule has 1 aliphatic rings. The standard InChI is InChI=1S/C21H21BrN2O5/c1-3-28-16-10-13(14(22)11-15(16)25)19-17(20(26)29-4-2)18(23-21(27)24-19)12-8-6-5-7-9-12/h5-11,19,25H,3-4H2,1-2H3,(H2,23,24,27)/t19-/m0/s1. The van der Waals surface area contributed by atoms with E-state index in [-0.39, 0.29) is 23.7 Å². The highest BCUT2D eigenvalue weighted by Crippen LogP contribution is 2.40. The molecule has 0 saturated carbocycles. The summed E-state index contributed by atoms with van der Waals surface area (Å²) in [5.41, 5.74) is 1.86. The van der Waals surface area contributed by atoms with Gasteiger partial charge in [0.2, 0.25) is 0 Å². The van der Waals surface area contributed by atoms with E-state index in [0.29, 0.717) is 27.9 Å². The number of hydrogen-bond acceptors (Lipinski definition) is 5. The first-order valence-corrected chi connectivity index (χ1v) is 9.95. The minimum Gasteiger partial charge on any atom is -0.504 e. The van der Waals surface area contributed by atoms with Crippen LogP contribution in [0.2, 0.25) is 0 Å². The molecule has 2 amide bonds. The predicted octanol–water partition coefficient (Wildman–Crippen LogP) is 3.88. The minimum absolute atomic E-state index is 0.0484. The van der Waals surface area contributed by atoms with Gasteiger partial charge in [-0.05, 0) is 37.1 Å². The molecule has 0 aliphatic carbocycles. The van der Waals surface area contributed by atoms with Crippen LogP contribution in [-0.4, -0.2) is 30.3 Å². The van der Waals surface area contributed by atoms with Crippen LogP contribution in [0.25, 0.3) is 5.70 Å². The van der Waals surface area contributed by atoms with Crippen molar-refractivity contribution in [1.29, 1.82) is 0 Å². The molecule has 0 saturated heterocycles. The molecule has 7 nitrogen and oxygen atoms in total. The van der Waals surface area contributed by atoms with E-state index in [1.165, 1.54) is 6.07 Å². The maximum atomic E-state index is 12.9. The van der Waals surface area contributed by atoms with Crippen molar-refractivity contribution < 1.29 is 24.2 Å². The van der Waals surface area contributed by atoms with Crippen LogP contribution in [0.3, 0.4) is 0 Å². The Morgan fingerprint density at radius 2 is 1.90 bits per heavy atom. The summed E-state index contributed by atoms with van der Waals surface area (Å²) in [4.78, 5) is 25.3. The van der Waals surface area contributed by atoms with Gasteiger partial charge in [-0.3, -0.25) is 0 Å². The third kappa shape index (κ3) is 4.37. The van der Waals surface area contributed by atoms with Crippen molar-refractivity contribution in [2.24, 2.45) is 0 Å². The second kappa shape index (κ2) is 9.00. The molecule has 0 unspecified atom stereocenters. The molecule has 29 heavy (non-hydrogen) atoms. The zero-order valence-electron chi connectivity index (χ0n) is 16.0. The Bertz CT molecular complexity index is 959. The quantitative estimate of drug-likeness (QED) is 0.568. The Labute approximate surface area is 176 Å². The fraction of sp³-hybridized carbons (Fsp3) is 0.238. The first kappa shape index (κ1) is 20.7. The number of aromatic hydroxyl groups is 1. The van der Waals surface area contributed by atoms with Crippen LogP contribution in [0.1, 0.15) is 31.0 Å². The summed E-state index contributed by atoms with van der Waals surface area (Å²) in [5.74, 6) is -0.350. The molecule has 3 rings (SSSR count). The zero-order chi connectivity index (χ0) is 21.0. The summed E-state index contributed by atoms with van der Waals surface area (Å²) in [5, 5.41) is 15.6. The van der Waals surface area contributed by atoms with Crippen molar-refractivity contribution in [3.05, 3.63) is 63.6 Å². The molecule has 8 heteroatoms. The van der Waals surface area contributed by atoms with Gasteiger partial charge in [-0.25, -0.2) is 9.59 Å². The maximum absolute atomic E-state index is 12.9. The van der Waals surface area contributed by atoms with Crippen molar-refractivity contribution in [1.82, 2.24) is 10.6 Å². The van der Waals surface area contributed by atoms with E-state index in [1.807, 2.05) is 18.2 Å². The number of urea groups is 1. The number of phenolic OH excluding ortho intramolecular Hbond substituents is 1. The molecule has 0 aromatic heterocycles. The van der Waals surface area contributed by atoms with E-state index in [4.69, 9.17) is 9.47 Å². The lowest BCUT2D eigenvalue weighted by Gasteiger charge is -2.30. The van der Waals surface area contributed by atoms with Gasteiger partial charge in [0.25, 0.3) is 0 Å². The number of phenols is 1. The fourth-order valence-electron chi connectivity index (χ4n) is 3.11. The summed E-state index contributed by atoms with van der Waals surface area (Å²) >= 11 is 3.42. The van der Waals surface area contributed by atoms with Gasteiger partial charge in [0.05, 0.1) is 30.5 Å². The molecular formula is C21H21BrN2O5. The number of ether oxygens (including phenoxy) is 2. The topological polar surface area (TPSA) is 96.9 Å². The van der Waals surface area contributed by atoms with Crippen molar-refractivity contribution in [2.45, 2.75) is 19.9 Å². The number of esters is 1. The molecule has 0 spiro atoms. The number of rotatable bonds is 6. The van der Waals surface area contributed by atoms with E-state index >= 15 is 0 Å². The normalized spacial score (nSPS) is 16.1. The Kier molecular flexibility index (Phi) is 6.43. The zero-order valence-corrected chi connectivity index (χ0v) is 17.6. The molecular weight excluding hydrogens is 440 g/mol. The van der Waals surface area contributed by atoms with Crippen molar-refractivity contribution >= 4 is 33.6 Å². The number of benzene rings is 2. The smallest absolute Gasteiger partial charge is 0.338 e. The third-order valence-corrected chi connectivity index (χ3v) is 5.01. The van der Waals surface area contributed by atoms with Gasteiger partial charge >= 0.3 is 12.0 Å². The van der Waals surface area contributed by atoms with Gasteiger partial charge in [-0.1, -0.05) is 46.3 Å². The molecule has 0 fully saturated rings. The largest absolute Gasteiger partial charge is 0.504 e. The first-order chi connectivity index (χ1) is 14.0. The minimum atomic E-state index is -0.813. The molecule has 1 atom stereocenters. The van der Waals surface area contributed by atoms with Crippen LogP contribution >= 0.6 is 15.9 Å². The van der Waals surface area contributed by atoms with Gasteiger partial charge in [0.15, 0.2) is 11.5 Å². The van der Waals surface area contributed by atoms with E-state index in [0.717, 1.165) is 0 Å². The fourth-order valence-corrected chi connectivity index (χ4v) is 3.67. The van der Waals surface area contributed by atoms with Crippen molar-refractivity contribution in [3.63, 3.8) is 0 Å². The van der Waals surface area contributed by atoms with E-state index < -0.39 is 18.0 Å². The lowest BCUT2D eigenvalue weighted by atomic mass is 9.92. The number of carbonyl (C=O) groups excluding carboxylic acids is 2. The molecule has 1 heterocycles. The lowest BCUT2D eigenvalue weighted by Crippen LogP contribution is -2.45. The van der Waals surface area contributed by atoms with Gasteiger partial charge in [0.1, 0.15) is 0 Å². The van der Waals surface area contributed by atoms with Crippen molar-refractivity contribution in [3.8, 4) is 11.5 Å². The van der Waals surface area contributed by atoms with E-state index in [1.54, 1.807) is 32.0 Å². The van der Waals surface area contributed by atoms with E-state index in [2.05, 4.69) is 26.6 Å². The SMILES string of the molecule is CCOC(=O)C1=C(c2ccccc2)NC(=O)N[C@H]1c1cc(OCC)c(O)cc1Br. The second-order valence-electron chi connectivity index (χ2n) is 6.18. The first-order valence-electron chi connectivity index (χ1n) is 9.15. The van der Waals surface area contributed by atoms with Gasteiger partial charge in [-0.2, -0.15) is 0 Å². The Morgan fingerprint density at radius 1 is 1.17 bits per heavy atom. The van der Waals surface area contributed by atoms with Crippen molar-refractivity contribution in [2.75, 3.05) is 13.2 Å². The average Bonchev–Trinajstić information content (AvgIpc) is 2.70. The molecule has 1 aliphatic heterocycles. The number of amides is 2. The Morgan fingerprint density at radius 3 is 2.55 bits per heavy atom. The summed E-state index contributed by atoms with van der Waals surface area (Å²) in [6, 6.07) is 10.9. The van der Waals surface area contributed by atoms with Gasteiger partial charge in [0, 0.05) is 4.47 Å². The molecule has 2 aromatic carbocycles. The van der Waals surface area contributed by atoms with Crippen LogP contribution in [0, 0.1) is 0 Å². The highest BCUT2D eigenvalue weighted by molar-refractivity contribution is 9.10. The Balaban J connectivity index is 2.22. The maximum Gasteiger partial charge on any atom is 0.338 e. The molecule has 152 valence electrons. The number of hydrogen-bond donors (Lipinski definition) is 3. The highest BCUT2D eigenvalue weighted by atomic mass is 79.9. The average molecular weight is 461 g/mol. The molecule has 3 N–H and O–H groups in total. The van der Waals surface area contributed by atoms with Gasteiger partial charge in [-0.15, -0.1) is 0 Å². The third-order valence-electron chi connectivity index (χ3n) is 4.32. The monoisotopic (exact) mass is 460 g/mol. The number of halogens is 1. The molecule has 0 radical (unpaired) electrons. The van der Waals surface area contributed by atoms with E-state index in [9.17, 15) is 14.7 Å². The van der Waals surface area contributed by atoms with Crippen LogP contribution in [0.5, 0.6) is 11.5 Å². The molecule has 2 aromatic rings. The van der Waals surface area contributed by atoms with Gasteiger partial charge < -0.3 is 25.2 Å².